The van der Waals surface area contributed by atoms with Gasteiger partial charge in [-0.25, -0.2) is 4.79 Å². The smallest absolute Gasteiger partial charge is 0.328 e. The average molecular weight is 297 g/mol. The number of hydrogen-bond donors (Lipinski definition) is 1. The minimum Gasteiger partial charge on any atom is -0.464 e. The van der Waals surface area contributed by atoms with Crippen LogP contribution in [0.4, 0.5) is 5.69 Å². The lowest BCUT2D eigenvalue weighted by atomic mass is 10.1. The number of carbonyl (C=O) groups excluding carboxylic acids is 2. The fourth-order valence-corrected chi connectivity index (χ4v) is 2.55. The van der Waals surface area contributed by atoms with Crippen LogP contribution >= 0.6 is 11.6 Å². The largest absolute Gasteiger partial charge is 0.464 e. The van der Waals surface area contributed by atoms with Crippen LogP contribution in [-0.2, 0) is 9.53 Å². The molecular weight excluding hydrogens is 280 g/mol. The Hall–Kier alpha value is -1.75. The molecule has 1 fully saturated rings. The van der Waals surface area contributed by atoms with E-state index in [1.165, 1.54) is 4.90 Å². The molecule has 1 aromatic rings. The number of likely N-dealkylation sites (tertiary alicyclic amines) is 1. The molecule has 1 atom stereocenters. The Bertz CT molecular complexity index is 533. The number of rotatable bonds is 3. The summed E-state index contributed by atoms with van der Waals surface area (Å²) in [6.07, 6.45) is 1.39. The van der Waals surface area contributed by atoms with Crippen molar-refractivity contribution in [3.05, 3.63) is 28.8 Å². The molecule has 0 saturated carbocycles. The maximum absolute atomic E-state index is 12.5. The topological polar surface area (TPSA) is 72.6 Å². The number of nitrogens with zero attached hydrogens (tertiary/aromatic N) is 1. The molecule has 1 heterocycles. The molecule has 5 nitrogen and oxygen atoms in total. The van der Waals surface area contributed by atoms with Crippen molar-refractivity contribution >= 4 is 29.2 Å². The van der Waals surface area contributed by atoms with Gasteiger partial charge in [-0.3, -0.25) is 4.79 Å². The Kier molecular flexibility index (Phi) is 4.49. The molecule has 108 valence electrons. The summed E-state index contributed by atoms with van der Waals surface area (Å²) in [5, 5.41) is 0.336. The van der Waals surface area contributed by atoms with Gasteiger partial charge in [-0.2, -0.15) is 0 Å². The normalized spacial score (nSPS) is 18.1. The summed E-state index contributed by atoms with van der Waals surface area (Å²) in [5.41, 5.74) is 6.41. The first-order chi connectivity index (χ1) is 9.56. The number of nitrogen functional groups attached to an aromatic ring is 1. The number of esters is 1. The monoisotopic (exact) mass is 296 g/mol. The first-order valence-electron chi connectivity index (χ1n) is 6.57. The van der Waals surface area contributed by atoms with E-state index in [9.17, 15) is 9.59 Å². The first kappa shape index (κ1) is 14.7. The van der Waals surface area contributed by atoms with Gasteiger partial charge in [0, 0.05) is 6.54 Å². The fourth-order valence-electron chi connectivity index (χ4n) is 2.37. The minimum atomic E-state index is -0.527. The van der Waals surface area contributed by atoms with Gasteiger partial charge >= 0.3 is 5.97 Å². The zero-order valence-electron chi connectivity index (χ0n) is 11.3. The van der Waals surface area contributed by atoms with Crippen LogP contribution in [0.3, 0.4) is 0 Å². The van der Waals surface area contributed by atoms with Gasteiger partial charge in [-0.15, -0.1) is 0 Å². The Morgan fingerprint density at radius 1 is 1.50 bits per heavy atom. The van der Waals surface area contributed by atoms with Gasteiger partial charge in [-0.05, 0) is 31.9 Å². The number of para-hydroxylation sites is 1. The second-order valence-electron chi connectivity index (χ2n) is 4.61. The van der Waals surface area contributed by atoms with E-state index < -0.39 is 6.04 Å². The van der Waals surface area contributed by atoms with Gasteiger partial charge in [0.15, 0.2) is 0 Å². The van der Waals surface area contributed by atoms with Crippen molar-refractivity contribution in [3.8, 4) is 0 Å². The van der Waals surface area contributed by atoms with Crippen molar-refractivity contribution in [3.63, 3.8) is 0 Å². The molecule has 0 bridgehead atoms. The number of amides is 1. The number of ether oxygens (including phenoxy) is 1. The molecule has 1 aliphatic rings. The molecule has 0 radical (unpaired) electrons. The molecule has 1 aliphatic heterocycles. The quantitative estimate of drug-likeness (QED) is 0.685. The van der Waals surface area contributed by atoms with E-state index in [4.69, 9.17) is 22.1 Å². The number of halogens is 1. The van der Waals surface area contributed by atoms with E-state index >= 15 is 0 Å². The number of nitrogens with two attached hydrogens (primary N) is 1. The first-order valence-corrected chi connectivity index (χ1v) is 6.95. The molecule has 20 heavy (non-hydrogen) atoms. The van der Waals surface area contributed by atoms with E-state index in [1.54, 1.807) is 25.1 Å². The molecule has 2 rings (SSSR count). The summed E-state index contributed by atoms with van der Waals surface area (Å²) < 4.78 is 5.01. The van der Waals surface area contributed by atoms with Gasteiger partial charge < -0.3 is 15.4 Å². The highest BCUT2D eigenvalue weighted by atomic mass is 35.5. The third-order valence-corrected chi connectivity index (χ3v) is 3.69. The summed E-state index contributed by atoms with van der Waals surface area (Å²) in [4.78, 5) is 25.9. The zero-order chi connectivity index (χ0) is 14.7. The number of carbonyl (C=O) groups is 2. The summed E-state index contributed by atoms with van der Waals surface area (Å²) in [6, 6.07) is 4.38. The van der Waals surface area contributed by atoms with Crippen LogP contribution in [0.25, 0.3) is 0 Å². The lowest BCUT2D eigenvalue weighted by molar-refractivity contribution is -0.147. The van der Waals surface area contributed by atoms with E-state index in [1.807, 2.05) is 0 Å². The SMILES string of the molecule is CCOC(=O)C1CCCN1C(=O)c1cccc(Cl)c1N. The van der Waals surface area contributed by atoms with E-state index in [0.717, 1.165) is 6.42 Å². The molecular formula is C14H17ClN2O3. The van der Waals surface area contributed by atoms with Crippen LogP contribution in [0.2, 0.25) is 5.02 Å². The molecule has 1 aromatic carbocycles. The molecule has 0 aliphatic carbocycles. The average Bonchev–Trinajstić information content (AvgIpc) is 2.91. The Balaban J connectivity index is 2.23. The maximum Gasteiger partial charge on any atom is 0.328 e. The minimum absolute atomic E-state index is 0.244. The fraction of sp³-hybridized carbons (Fsp3) is 0.429. The van der Waals surface area contributed by atoms with Crippen LogP contribution in [0.15, 0.2) is 18.2 Å². The van der Waals surface area contributed by atoms with Gasteiger partial charge in [0.1, 0.15) is 6.04 Å². The highest BCUT2D eigenvalue weighted by Gasteiger charge is 2.36. The highest BCUT2D eigenvalue weighted by Crippen LogP contribution is 2.27. The van der Waals surface area contributed by atoms with Crippen LogP contribution in [-0.4, -0.2) is 36.0 Å². The molecule has 1 amide bonds. The van der Waals surface area contributed by atoms with Crippen molar-refractivity contribution in [2.24, 2.45) is 0 Å². The highest BCUT2D eigenvalue weighted by molar-refractivity contribution is 6.34. The van der Waals surface area contributed by atoms with Crippen molar-refractivity contribution < 1.29 is 14.3 Å². The molecule has 1 unspecified atom stereocenters. The summed E-state index contributed by atoms with van der Waals surface area (Å²) in [5.74, 6) is -0.639. The predicted molar refractivity (Wildman–Crippen MR) is 76.6 cm³/mol. The predicted octanol–water partition coefficient (Wildman–Crippen LogP) is 2.09. The number of hydrogen-bond acceptors (Lipinski definition) is 4. The number of anilines is 1. The third kappa shape index (κ3) is 2.72. The summed E-state index contributed by atoms with van der Waals surface area (Å²) in [7, 11) is 0. The van der Waals surface area contributed by atoms with E-state index in [0.29, 0.717) is 30.2 Å². The van der Waals surface area contributed by atoms with Crippen LogP contribution in [0.1, 0.15) is 30.1 Å². The molecule has 0 aromatic heterocycles. The van der Waals surface area contributed by atoms with Crippen LogP contribution in [0, 0.1) is 0 Å². The molecule has 2 N–H and O–H groups in total. The van der Waals surface area contributed by atoms with Gasteiger partial charge in [0.2, 0.25) is 0 Å². The lowest BCUT2D eigenvalue weighted by Gasteiger charge is -2.23. The molecule has 0 spiro atoms. The molecule has 6 heteroatoms. The zero-order valence-corrected chi connectivity index (χ0v) is 12.0. The van der Waals surface area contributed by atoms with Crippen molar-refractivity contribution in [1.29, 1.82) is 0 Å². The van der Waals surface area contributed by atoms with Crippen molar-refractivity contribution in [2.45, 2.75) is 25.8 Å². The van der Waals surface area contributed by atoms with E-state index in [-0.39, 0.29) is 17.6 Å². The van der Waals surface area contributed by atoms with Gasteiger partial charge in [-0.1, -0.05) is 17.7 Å². The Morgan fingerprint density at radius 3 is 2.95 bits per heavy atom. The summed E-state index contributed by atoms with van der Waals surface area (Å²) >= 11 is 5.93. The second-order valence-corrected chi connectivity index (χ2v) is 5.02. The Morgan fingerprint density at radius 2 is 2.25 bits per heavy atom. The number of benzene rings is 1. The maximum atomic E-state index is 12.5. The van der Waals surface area contributed by atoms with Gasteiger partial charge in [0.05, 0.1) is 22.9 Å². The standard InChI is InChI=1S/C14H17ClN2O3/c1-2-20-14(19)11-7-4-8-17(11)13(18)9-5-3-6-10(15)12(9)16/h3,5-6,11H,2,4,7-8,16H2,1H3. The van der Waals surface area contributed by atoms with E-state index in [2.05, 4.69) is 0 Å². The summed E-state index contributed by atoms with van der Waals surface area (Å²) in [6.45, 7) is 2.57. The van der Waals surface area contributed by atoms with Crippen molar-refractivity contribution in [1.82, 2.24) is 4.90 Å². The second kappa shape index (κ2) is 6.13. The third-order valence-electron chi connectivity index (χ3n) is 3.36. The Labute approximate surface area is 122 Å². The van der Waals surface area contributed by atoms with Crippen LogP contribution < -0.4 is 5.73 Å². The van der Waals surface area contributed by atoms with Gasteiger partial charge in [0.25, 0.3) is 5.91 Å². The van der Waals surface area contributed by atoms with Crippen molar-refractivity contribution in [2.75, 3.05) is 18.9 Å². The van der Waals surface area contributed by atoms with Crippen LogP contribution in [0.5, 0.6) is 0 Å². The molecule has 1 saturated heterocycles. The lowest BCUT2D eigenvalue weighted by Crippen LogP contribution is -2.41.